The molecule has 0 aliphatic heterocycles. The third-order valence-electron chi connectivity index (χ3n) is 4.41. The molecular formula is C15H30N2O2. The van der Waals surface area contributed by atoms with Gasteiger partial charge < -0.3 is 15.8 Å². The van der Waals surface area contributed by atoms with Gasteiger partial charge in [0.15, 0.2) is 0 Å². The van der Waals surface area contributed by atoms with E-state index in [0.717, 1.165) is 12.8 Å². The van der Waals surface area contributed by atoms with Gasteiger partial charge >= 0.3 is 0 Å². The third kappa shape index (κ3) is 4.18. The van der Waals surface area contributed by atoms with Crippen molar-refractivity contribution < 1.29 is 9.53 Å². The maximum absolute atomic E-state index is 12.1. The minimum Gasteiger partial charge on any atom is -0.381 e. The van der Waals surface area contributed by atoms with Crippen molar-refractivity contribution in [1.82, 2.24) is 5.32 Å². The molecule has 0 aromatic rings. The number of hydrogen-bond acceptors (Lipinski definition) is 3. The SMILES string of the molecule is COC1CC(NC(=O)CC(CN)CC(C)C)C1(C)C. The second-order valence-electron chi connectivity index (χ2n) is 6.84. The van der Waals surface area contributed by atoms with Crippen molar-refractivity contribution in [2.24, 2.45) is 23.0 Å². The van der Waals surface area contributed by atoms with Gasteiger partial charge in [-0.3, -0.25) is 4.79 Å². The fourth-order valence-electron chi connectivity index (χ4n) is 2.98. The van der Waals surface area contributed by atoms with Crippen molar-refractivity contribution in [1.29, 1.82) is 0 Å². The van der Waals surface area contributed by atoms with Crippen molar-refractivity contribution >= 4 is 5.91 Å². The van der Waals surface area contributed by atoms with Crippen molar-refractivity contribution in [3.63, 3.8) is 0 Å². The predicted molar refractivity (Wildman–Crippen MR) is 77.7 cm³/mol. The Kier molecular flexibility index (Phi) is 5.81. The number of carbonyl (C=O) groups is 1. The van der Waals surface area contributed by atoms with Crippen LogP contribution in [0.3, 0.4) is 0 Å². The number of carbonyl (C=O) groups excluding carboxylic acids is 1. The molecular weight excluding hydrogens is 240 g/mol. The normalized spacial score (nSPS) is 26.9. The van der Waals surface area contributed by atoms with E-state index >= 15 is 0 Å². The molecule has 19 heavy (non-hydrogen) atoms. The van der Waals surface area contributed by atoms with Gasteiger partial charge in [-0.25, -0.2) is 0 Å². The zero-order valence-corrected chi connectivity index (χ0v) is 13.0. The number of rotatable bonds is 7. The summed E-state index contributed by atoms with van der Waals surface area (Å²) in [6.45, 7) is 9.20. The molecule has 0 saturated heterocycles. The van der Waals surface area contributed by atoms with E-state index in [1.54, 1.807) is 7.11 Å². The zero-order chi connectivity index (χ0) is 14.6. The fourth-order valence-corrected chi connectivity index (χ4v) is 2.98. The highest BCUT2D eigenvalue weighted by Crippen LogP contribution is 2.42. The van der Waals surface area contributed by atoms with Crippen LogP contribution >= 0.6 is 0 Å². The average Bonchev–Trinajstić information content (AvgIpc) is 2.32. The molecule has 0 aromatic heterocycles. The van der Waals surface area contributed by atoms with Crippen LogP contribution in [0.25, 0.3) is 0 Å². The summed E-state index contributed by atoms with van der Waals surface area (Å²) in [6, 6.07) is 0.224. The molecule has 0 bridgehead atoms. The monoisotopic (exact) mass is 270 g/mol. The molecule has 0 radical (unpaired) electrons. The summed E-state index contributed by atoms with van der Waals surface area (Å²) in [5, 5.41) is 3.13. The number of nitrogens with one attached hydrogen (secondary N) is 1. The van der Waals surface area contributed by atoms with Gasteiger partial charge in [-0.05, 0) is 31.2 Å². The molecule has 4 heteroatoms. The van der Waals surface area contributed by atoms with Crippen molar-refractivity contribution in [3.8, 4) is 0 Å². The first kappa shape index (κ1) is 16.4. The van der Waals surface area contributed by atoms with Gasteiger partial charge in [-0.2, -0.15) is 0 Å². The van der Waals surface area contributed by atoms with Gasteiger partial charge in [0, 0.05) is 25.0 Å². The van der Waals surface area contributed by atoms with Crippen LogP contribution < -0.4 is 11.1 Å². The molecule has 4 nitrogen and oxygen atoms in total. The lowest BCUT2D eigenvalue weighted by atomic mass is 9.64. The van der Waals surface area contributed by atoms with Crippen LogP contribution in [0.2, 0.25) is 0 Å². The van der Waals surface area contributed by atoms with Crippen molar-refractivity contribution in [2.75, 3.05) is 13.7 Å². The predicted octanol–water partition coefficient (Wildman–Crippen LogP) is 1.93. The first-order chi connectivity index (χ1) is 8.81. The molecule has 3 atom stereocenters. The highest BCUT2D eigenvalue weighted by Gasteiger charge is 2.49. The summed E-state index contributed by atoms with van der Waals surface area (Å²) in [5.74, 6) is 1.00. The van der Waals surface area contributed by atoms with E-state index in [-0.39, 0.29) is 23.5 Å². The Morgan fingerprint density at radius 3 is 2.53 bits per heavy atom. The number of methoxy groups -OCH3 is 1. The quantitative estimate of drug-likeness (QED) is 0.743. The van der Waals surface area contributed by atoms with Crippen molar-refractivity contribution in [3.05, 3.63) is 0 Å². The van der Waals surface area contributed by atoms with Crippen LogP contribution in [0.5, 0.6) is 0 Å². The van der Waals surface area contributed by atoms with Crippen LogP contribution in [-0.4, -0.2) is 31.7 Å². The smallest absolute Gasteiger partial charge is 0.220 e. The van der Waals surface area contributed by atoms with Gasteiger partial charge in [-0.15, -0.1) is 0 Å². The first-order valence-corrected chi connectivity index (χ1v) is 7.33. The van der Waals surface area contributed by atoms with Gasteiger partial charge in [0.05, 0.1) is 6.10 Å². The van der Waals surface area contributed by atoms with E-state index in [4.69, 9.17) is 10.5 Å². The minimum absolute atomic E-state index is 0.0284. The minimum atomic E-state index is 0.0284. The second kappa shape index (κ2) is 6.71. The fraction of sp³-hybridized carbons (Fsp3) is 0.933. The second-order valence-corrected chi connectivity index (χ2v) is 6.84. The summed E-state index contributed by atoms with van der Waals surface area (Å²) >= 11 is 0. The van der Waals surface area contributed by atoms with E-state index in [1.807, 2.05) is 0 Å². The highest BCUT2D eigenvalue weighted by atomic mass is 16.5. The van der Waals surface area contributed by atoms with Crippen LogP contribution in [0, 0.1) is 17.3 Å². The summed E-state index contributed by atoms with van der Waals surface area (Å²) in [5.41, 5.74) is 5.77. The Balaban J connectivity index is 2.40. The molecule has 0 spiro atoms. The Bertz CT molecular complexity index is 303. The van der Waals surface area contributed by atoms with Crippen LogP contribution in [0.15, 0.2) is 0 Å². The number of nitrogens with two attached hydrogens (primary N) is 1. The van der Waals surface area contributed by atoms with E-state index in [1.165, 1.54) is 0 Å². The molecule has 0 aromatic carbocycles. The van der Waals surface area contributed by atoms with Crippen LogP contribution in [0.1, 0.15) is 47.0 Å². The summed E-state index contributed by atoms with van der Waals surface area (Å²) in [7, 11) is 1.73. The van der Waals surface area contributed by atoms with Gasteiger partial charge in [0.2, 0.25) is 5.91 Å². The summed E-state index contributed by atoms with van der Waals surface area (Å²) in [4.78, 5) is 12.1. The number of amides is 1. The Morgan fingerprint density at radius 1 is 1.47 bits per heavy atom. The summed E-state index contributed by atoms with van der Waals surface area (Å²) in [6.07, 6.45) is 2.71. The zero-order valence-electron chi connectivity index (χ0n) is 13.0. The Hall–Kier alpha value is -0.610. The van der Waals surface area contributed by atoms with Crippen LogP contribution in [0.4, 0.5) is 0 Å². The van der Waals surface area contributed by atoms with E-state index in [9.17, 15) is 4.79 Å². The molecule has 1 rings (SSSR count). The molecule has 1 fully saturated rings. The molecule has 3 unspecified atom stereocenters. The Labute approximate surface area is 117 Å². The van der Waals surface area contributed by atoms with Gasteiger partial charge in [0.25, 0.3) is 0 Å². The highest BCUT2D eigenvalue weighted by molar-refractivity contribution is 5.76. The molecule has 3 N–H and O–H groups in total. The molecule has 1 saturated carbocycles. The van der Waals surface area contributed by atoms with E-state index in [0.29, 0.717) is 24.8 Å². The van der Waals surface area contributed by atoms with Crippen molar-refractivity contribution in [2.45, 2.75) is 59.1 Å². The molecule has 112 valence electrons. The summed E-state index contributed by atoms with van der Waals surface area (Å²) < 4.78 is 5.40. The maximum atomic E-state index is 12.1. The molecule has 1 amide bonds. The molecule has 1 aliphatic carbocycles. The lowest BCUT2D eigenvalue weighted by molar-refractivity contribution is -0.133. The standard InChI is InChI=1S/C15H30N2O2/c1-10(2)6-11(9-16)7-14(18)17-12-8-13(19-5)15(12,3)4/h10-13H,6-9,16H2,1-5H3,(H,17,18). The lowest BCUT2D eigenvalue weighted by Crippen LogP contribution is -2.61. The average molecular weight is 270 g/mol. The maximum Gasteiger partial charge on any atom is 0.220 e. The third-order valence-corrected chi connectivity index (χ3v) is 4.41. The lowest BCUT2D eigenvalue weighted by Gasteiger charge is -2.51. The van der Waals surface area contributed by atoms with Crippen LogP contribution in [-0.2, 0) is 9.53 Å². The largest absolute Gasteiger partial charge is 0.381 e. The topological polar surface area (TPSA) is 64.3 Å². The van der Waals surface area contributed by atoms with E-state index < -0.39 is 0 Å². The van der Waals surface area contributed by atoms with Gasteiger partial charge in [0.1, 0.15) is 0 Å². The molecule has 1 aliphatic rings. The number of ether oxygens (including phenoxy) is 1. The van der Waals surface area contributed by atoms with E-state index in [2.05, 4.69) is 33.0 Å². The number of hydrogen-bond donors (Lipinski definition) is 2. The Morgan fingerprint density at radius 2 is 2.11 bits per heavy atom. The first-order valence-electron chi connectivity index (χ1n) is 7.33. The molecule has 0 heterocycles. The van der Waals surface area contributed by atoms with Gasteiger partial charge in [-0.1, -0.05) is 27.7 Å².